The Morgan fingerprint density at radius 3 is 2.59 bits per heavy atom. The zero-order valence-electron chi connectivity index (χ0n) is 9.38. The van der Waals surface area contributed by atoms with Crippen molar-refractivity contribution in [3.63, 3.8) is 0 Å². The predicted octanol–water partition coefficient (Wildman–Crippen LogP) is -0.655. The normalized spacial score (nSPS) is 38.6. The minimum atomic E-state index is -3.08. The largest absolute Gasteiger partial charge is 0.349 e. The second kappa shape index (κ2) is 3.66. The number of carbonyl (C=O) groups excluding carboxylic acids is 1. The van der Waals surface area contributed by atoms with Crippen LogP contribution < -0.4 is 5.32 Å². The fourth-order valence-electron chi connectivity index (χ4n) is 2.20. The Morgan fingerprint density at radius 1 is 1.53 bits per heavy atom. The monoisotopic (exact) mass is 262 g/mol. The second-order valence-electron chi connectivity index (χ2n) is 5.09. The van der Waals surface area contributed by atoms with Crippen LogP contribution in [0.15, 0.2) is 0 Å². The number of hydrogen-bond acceptors (Lipinski definition) is 5. The van der Waals surface area contributed by atoms with Crippen LogP contribution in [0.3, 0.4) is 0 Å². The molecule has 0 spiro atoms. The first-order chi connectivity index (χ1) is 7.72. The second-order valence-corrected chi connectivity index (χ2v) is 7.27. The van der Waals surface area contributed by atoms with Crippen LogP contribution in [0.5, 0.6) is 0 Å². The Morgan fingerprint density at radius 2 is 2.18 bits per heavy atom. The van der Waals surface area contributed by atoms with Gasteiger partial charge in [0.15, 0.2) is 9.84 Å². The maximum absolute atomic E-state index is 11.7. The topological polar surface area (TPSA) is 106 Å². The molecule has 7 nitrogen and oxygen atoms in total. The Kier molecular flexibility index (Phi) is 2.64. The van der Waals surface area contributed by atoms with E-state index in [0.29, 0.717) is 6.42 Å². The van der Waals surface area contributed by atoms with Crippen molar-refractivity contribution >= 4 is 15.7 Å². The van der Waals surface area contributed by atoms with Gasteiger partial charge in [-0.2, -0.15) is 0 Å². The smallest absolute Gasteiger partial charge is 0.230 e. The summed E-state index contributed by atoms with van der Waals surface area (Å²) in [4.78, 5) is 21.6. The highest BCUT2D eigenvalue weighted by molar-refractivity contribution is 7.91. The molecule has 3 atom stereocenters. The van der Waals surface area contributed by atoms with Crippen molar-refractivity contribution in [3.05, 3.63) is 10.1 Å². The van der Waals surface area contributed by atoms with Gasteiger partial charge in [0.25, 0.3) is 0 Å². The third kappa shape index (κ3) is 2.56. The molecule has 0 bridgehead atoms. The molecule has 0 radical (unpaired) electrons. The van der Waals surface area contributed by atoms with E-state index in [1.165, 1.54) is 0 Å². The molecule has 1 saturated carbocycles. The maximum Gasteiger partial charge on any atom is 0.230 e. The van der Waals surface area contributed by atoms with Gasteiger partial charge in [-0.05, 0) is 13.3 Å². The number of nitrogens with one attached hydrogen (secondary N) is 1. The number of sulfone groups is 1. The van der Waals surface area contributed by atoms with Crippen LogP contribution in [0.2, 0.25) is 0 Å². The summed E-state index contributed by atoms with van der Waals surface area (Å²) in [6, 6.07) is -0.795. The molecule has 0 unspecified atom stereocenters. The maximum atomic E-state index is 11.7. The summed E-state index contributed by atoms with van der Waals surface area (Å²) >= 11 is 0. The lowest BCUT2D eigenvalue weighted by atomic mass is 10.0. The summed E-state index contributed by atoms with van der Waals surface area (Å²) in [6.07, 6.45) is 0.624. The Labute approximate surface area is 98.6 Å². The van der Waals surface area contributed by atoms with Crippen LogP contribution in [0.25, 0.3) is 0 Å². The zero-order valence-corrected chi connectivity index (χ0v) is 10.2. The molecule has 17 heavy (non-hydrogen) atoms. The van der Waals surface area contributed by atoms with Crippen LogP contribution in [0, 0.1) is 16.0 Å². The molecule has 0 aromatic carbocycles. The summed E-state index contributed by atoms with van der Waals surface area (Å²) in [5, 5.41) is 13.1. The molecule has 96 valence electrons. The molecule has 2 rings (SSSR count). The highest BCUT2D eigenvalue weighted by Gasteiger charge is 2.54. The Balaban J connectivity index is 1.95. The molecule has 0 aromatic heterocycles. The van der Waals surface area contributed by atoms with Gasteiger partial charge in [0, 0.05) is 11.3 Å². The molecule has 0 aromatic rings. The van der Waals surface area contributed by atoms with Crippen LogP contribution in [-0.4, -0.2) is 42.3 Å². The average Bonchev–Trinajstić information content (AvgIpc) is 2.89. The van der Waals surface area contributed by atoms with E-state index < -0.39 is 38.2 Å². The summed E-state index contributed by atoms with van der Waals surface area (Å²) in [6.45, 7) is 1.67. The first kappa shape index (κ1) is 12.3. The van der Waals surface area contributed by atoms with E-state index in [1.54, 1.807) is 6.92 Å². The molecular formula is C9H14N2O5S. The molecule has 2 aliphatic rings. The van der Waals surface area contributed by atoms with Crippen molar-refractivity contribution < 1.29 is 18.1 Å². The summed E-state index contributed by atoms with van der Waals surface area (Å²) in [5.41, 5.74) is -0.764. The van der Waals surface area contributed by atoms with Crippen LogP contribution in [0.1, 0.15) is 19.8 Å². The summed E-state index contributed by atoms with van der Waals surface area (Å²) < 4.78 is 22.7. The van der Waals surface area contributed by atoms with Crippen molar-refractivity contribution in [2.24, 2.45) is 5.92 Å². The van der Waals surface area contributed by atoms with Crippen LogP contribution in [-0.2, 0) is 14.6 Å². The number of nitro groups is 1. The third-order valence-electron chi connectivity index (χ3n) is 3.29. The minimum Gasteiger partial charge on any atom is -0.349 e. The fraction of sp³-hybridized carbons (Fsp3) is 0.889. The van der Waals surface area contributed by atoms with E-state index in [2.05, 4.69) is 5.32 Å². The van der Waals surface area contributed by atoms with Gasteiger partial charge in [0.05, 0.1) is 17.0 Å². The SMILES string of the molecule is C[C@]1(NC(=O)[C@@H]2C[C@@H]2[N+](=O)[O-])CCS(=O)(=O)C1. The number of amides is 1. The molecular weight excluding hydrogens is 248 g/mol. The summed E-state index contributed by atoms with van der Waals surface area (Å²) in [7, 11) is -3.08. The minimum absolute atomic E-state index is 0.0626. The van der Waals surface area contributed by atoms with Gasteiger partial charge in [-0.1, -0.05) is 0 Å². The van der Waals surface area contributed by atoms with E-state index in [0.717, 1.165) is 0 Å². The van der Waals surface area contributed by atoms with Gasteiger partial charge in [-0.3, -0.25) is 14.9 Å². The van der Waals surface area contributed by atoms with E-state index in [4.69, 9.17) is 0 Å². The van der Waals surface area contributed by atoms with Crippen molar-refractivity contribution in [1.29, 1.82) is 0 Å². The quantitative estimate of drug-likeness (QED) is 0.537. The predicted molar refractivity (Wildman–Crippen MR) is 58.7 cm³/mol. The van der Waals surface area contributed by atoms with Crippen LogP contribution in [0.4, 0.5) is 0 Å². The van der Waals surface area contributed by atoms with Crippen molar-refractivity contribution in [3.8, 4) is 0 Å². The first-order valence-electron chi connectivity index (χ1n) is 5.38. The number of hydrogen-bond donors (Lipinski definition) is 1. The first-order valence-corrected chi connectivity index (χ1v) is 7.21. The van der Waals surface area contributed by atoms with Gasteiger partial charge < -0.3 is 5.32 Å². The third-order valence-corrected chi connectivity index (χ3v) is 5.20. The lowest BCUT2D eigenvalue weighted by Gasteiger charge is -2.23. The van der Waals surface area contributed by atoms with Gasteiger partial charge in [-0.25, -0.2) is 8.42 Å². The van der Waals surface area contributed by atoms with Crippen molar-refractivity contribution in [1.82, 2.24) is 5.32 Å². The van der Waals surface area contributed by atoms with E-state index in [9.17, 15) is 23.3 Å². The van der Waals surface area contributed by atoms with E-state index in [-0.39, 0.29) is 17.9 Å². The van der Waals surface area contributed by atoms with Gasteiger partial charge in [0.1, 0.15) is 5.92 Å². The molecule has 8 heteroatoms. The van der Waals surface area contributed by atoms with Gasteiger partial charge in [0.2, 0.25) is 11.9 Å². The molecule has 2 fully saturated rings. The van der Waals surface area contributed by atoms with Gasteiger partial charge in [-0.15, -0.1) is 0 Å². The fourth-order valence-corrected chi connectivity index (χ4v) is 4.29. The zero-order chi connectivity index (χ0) is 12.8. The van der Waals surface area contributed by atoms with Crippen molar-refractivity contribution in [2.45, 2.75) is 31.3 Å². The van der Waals surface area contributed by atoms with Crippen molar-refractivity contribution in [2.75, 3.05) is 11.5 Å². The molecule has 1 aliphatic carbocycles. The number of carbonyl (C=O) groups is 1. The molecule has 1 amide bonds. The number of rotatable bonds is 3. The van der Waals surface area contributed by atoms with Crippen LogP contribution >= 0.6 is 0 Å². The average molecular weight is 262 g/mol. The molecule has 1 heterocycles. The van der Waals surface area contributed by atoms with E-state index in [1.807, 2.05) is 0 Å². The molecule has 1 aliphatic heterocycles. The lowest BCUT2D eigenvalue weighted by molar-refractivity contribution is -0.497. The Bertz CT molecular complexity index is 474. The highest BCUT2D eigenvalue weighted by Crippen LogP contribution is 2.34. The Hall–Kier alpha value is -1.18. The van der Waals surface area contributed by atoms with E-state index >= 15 is 0 Å². The van der Waals surface area contributed by atoms with Gasteiger partial charge >= 0.3 is 0 Å². The lowest BCUT2D eigenvalue weighted by Crippen LogP contribution is -2.48. The summed E-state index contributed by atoms with van der Waals surface area (Å²) in [5.74, 6) is -1.01. The highest BCUT2D eigenvalue weighted by atomic mass is 32.2. The standard InChI is InChI=1S/C9H14N2O5S/c1-9(2-3-17(15,16)5-9)10-8(12)6-4-7(6)11(13)14/h6-7H,2-5H2,1H3,(H,10,12)/t6-,7+,9+/m1/s1. The molecule has 1 saturated heterocycles. The number of nitrogens with zero attached hydrogens (tertiary/aromatic N) is 1. The molecule has 1 N–H and O–H groups in total.